The molecule has 0 radical (unpaired) electrons. The molecule has 1 saturated heterocycles. The van der Waals surface area contributed by atoms with E-state index in [1.54, 1.807) is 0 Å². The fourth-order valence-electron chi connectivity index (χ4n) is 2.54. The number of hydrogen-bond donors (Lipinski definition) is 1. The maximum Gasteiger partial charge on any atom is 0.0594 e. The SMILES string of the molecule is C1CCC(OCCNCCN2CCOCC2)C1. The zero-order valence-electron chi connectivity index (χ0n) is 10.8. The molecule has 1 heterocycles. The summed E-state index contributed by atoms with van der Waals surface area (Å²) in [5, 5.41) is 3.45. The molecule has 0 unspecified atom stereocenters. The van der Waals surface area contributed by atoms with Crippen LogP contribution in [0.5, 0.6) is 0 Å². The van der Waals surface area contributed by atoms with Crippen LogP contribution in [-0.2, 0) is 9.47 Å². The Balaban J connectivity index is 1.38. The summed E-state index contributed by atoms with van der Waals surface area (Å²) < 4.78 is 11.1. The molecule has 1 aliphatic heterocycles. The highest BCUT2D eigenvalue weighted by molar-refractivity contribution is 4.67. The van der Waals surface area contributed by atoms with Gasteiger partial charge >= 0.3 is 0 Å². The van der Waals surface area contributed by atoms with E-state index in [4.69, 9.17) is 9.47 Å². The van der Waals surface area contributed by atoms with Crippen molar-refractivity contribution in [2.75, 3.05) is 52.5 Å². The summed E-state index contributed by atoms with van der Waals surface area (Å²) in [5.41, 5.74) is 0. The fourth-order valence-corrected chi connectivity index (χ4v) is 2.54. The molecule has 0 aromatic heterocycles. The molecular formula is C13H26N2O2. The average molecular weight is 242 g/mol. The summed E-state index contributed by atoms with van der Waals surface area (Å²) in [6.07, 6.45) is 5.81. The molecule has 2 fully saturated rings. The molecule has 2 aliphatic rings. The van der Waals surface area contributed by atoms with E-state index in [9.17, 15) is 0 Å². The minimum atomic E-state index is 0.552. The van der Waals surface area contributed by atoms with E-state index in [1.165, 1.54) is 25.7 Å². The monoisotopic (exact) mass is 242 g/mol. The molecule has 1 saturated carbocycles. The first kappa shape index (κ1) is 13.3. The lowest BCUT2D eigenvalue weighted by Gasteiger charge is -2.26. The van der Waals surface area contributed by atoms with Gasteiger partial charge in [0.25, 0.3) is 0 Å². The normalized spacial score (nSPS) is 23.3. The first-order valence-electron chi connectivity index (χ1n) is 7.07. The minimum absolute atomic E-state index is 0.552. The number of morpholine rings is 1. The second-order valence-corrected chi connectivity index (χ2v) is 4.98. The van der Waals surface area contributed by atoms with Gasteiger partial charge in [0, 0.05) is 32.7 Å². The van der Waals surface area contributed by atoms with Gasteiger partial charge in [-0.15, -0.1) is 0 Å². The second kappa shape index (κ2) is 8.03. The van der Waals surface area contributed by atoms with Gasteiger partial charge in [-0.1, -0.05) is 12.8 Å². The van der Waals surface area contributed by atoms with Gasteiger partial charge in [0.1, 0.15) is 0 Å². The summed E-state index contributed by atoms with van der Waals surface area (Å²) in [4.78, 5) is 2.45. The molecule has 1 aliphatic carbocycles. The van der Waals surface area contributed by atoms with Crippen LogP contribution in [0.15, 0.2) is 0 Å². The molecule has 17 heavy (non-hydrogen) atoms. The van der Waals surface area contributed by atoms with E-state index in [0.29, 0.717) is 6.10 Å². The molecule has 0 bridgehead atoms. The van der Waals surface area contributed by atoms with Crippen molar-refractivity contribution in [2.45, 2.75) is 31.8 Å². The van der Waals surface area contributed by atoms with Crippen molar-refractivity contribution in [1.29, 1.82) is 0 Å². The standard InChI is InChI=1S/C13H26N2O2/c1-2-4-13(3-1)17-10-6-14-5-7-15-8-11-16-12-9-15/h13-14H,1-12H2. The summed E-state index contributed by atoms with van der Waals surface area (Å²) in [5.74, 6) is 0. The average Bonchev–Trinajstić information content (AvgIpc) is 2.88. The van der Waals surface area contributed by atoms with Gasteiger partial charge in [-0.2, -0.15) is 0 Å². The second-order valence-electron chi connectivity index (χ2n) is 4.98. The number of nitrogens with one attached hydrogen (secondary N) is 1. The molecule has 100 valence electrons. The highest BCUT2D eigenvalue weighted by Crippen LogP contribution is 2.20. The Bertz CT molecular complexity index is 190. The predicted molar refractivity (Wildman–Crippen MR) is 68.3 cm³/mol. The fraction of sp³-hybridized carbons (Fsp3) is 1.00. The molecule has 1 N–H and O–H groups in total. The lowest BCUT2D eigenvalue weighted by molar-refractivity contribution is 0.0370. The molecule has 0 spiro atoms. The van der Waals surface area contributed by atoms with Crippen molar-refractivity contribution < 1.29 is 9.47 Å². The van der Waals surface area contributed by atoms with Crippen LogP contribution < -0.4 is 5.32 Å². The lowest BCUT2D eigenvalue weighted by Crippen LogP contribution is -2.40. The van der Waals surface area contributed by atoms with Crippen molar-refractivity contribution in [2.24, 2.45) is 0 Å². The van der Waals surface area contributed by atoms with Crippen LogP contribution in [0.3, 0.4) is 0 Å². The van der Waals surface area contributed by atoms with Gasteiger partial charge in [0.15, 0.2) is 0 Å². The summed E-state index contributed by atoms with van der Waals surface area (Å²) in [7, 11) is 0. The van der Waals surface area contributed by atoms with E-state index in [0.717, 1.165) is 52.5 Å². The largest absolute Gasteiger partial charge is 0.379 e. The maximum atomic E-state index is 5.80. The van der Waals surface area contributed by atoms with Crippen molar-refractivity contribution in [3.05, 3.63) is 0 Å². The first-order chi connectivity index (χ1) is 8.45. The maximum absolute atomic E-state index is 5.80. The molecule has 0 atom stereocenters. The number of rotatable bonds is 7. The van der Waals surface area contributed by atoms with Crippen LogP contribution in [0.2, 0.25) is 0 Å². The Hall–Kier alpha value is -0.160. The van der Waals surface area contributed by atoms with Crippen molar-refractivity contribution >= 4 is 0 Å². The molecule has 0 aromatic carbocycles. The highest BCUT2D eigenvalue weighted by atomic mass is 16.5. The molecule has 4 nitrogen and oxygen atoms in total. The van der Waals surface area contributed by atoms with Crippen LogP contribution in [0.4, 0.5) is 0 Å². The van der Waals surface area contributed by atoms with Gasteiger partial charge in [-0.05, 0) is 12.8 Å². The van der Waals surface area contributed by atoms with Crippen LogP contribution in [-0.4, -0.2) is 63.5 Å². The summed E-state index contributed by atoms with van der Waals surface area (Å²) in [6, 6.07) is 0. The predicted octanol–water partition coefficient (Wildman–Crippen LogP) is 0.867. The Kier molecular flexibility index (Phi) is 6.27. The molecular weight excluding hydrogens is 216 g/mol. The zero-order chi connectivity index (χ0) is 11.8. The Morgan fingerprint density at radius 2 is 1.88 bits per heavy atom. The third-order valence-electron chi connectivity index (χ3n) is 3.64. The van der Waals surface area contributed by atoms with Crippen LogP contribution in [0, 0.1) is 0 Å². The highest BCUT2D eigenvalue weighted by Gasteiger charge is 2.14. The zero-order valence-corrected chi connectivity index (χ0v) is 10.8. The van der Waals surface area contributed by atoms with Gasteiger partial charge in [-0.3, -0.25) is 4.90 Å². The van der Waals surface area contributed by atoms with Gasteiger partial charge in [0.2, 0.25) is 0 Å². The van der Waals surface area contributed by atoms with E-state index in [-0.39, 0.29) is 0 Å². The topological polar surface area (TPSA) is 33.7 Å². The smallest absolute Gasteiger partial charge is 0.0594 e. The minimum Gasteiger partial charge on any atom is -0.379 e. The molecule has 2 rings (SSSR count). The van der Waals surface area contributed by atoms with Gasteiger partial charge in [-0.25, -0.2) is 0 Å². The van der Waals surface area contributed by atoms with E-state index in [1.807, 2.05) is 0 Å². The third-order valence-corrected chi connectivity index (χ3v) is 3.64. The number of nitrogens with zero attached hydrogens (tertiary/aromatic N) is 1. The Morgan fingerprint density at radius 1 is 1.12 bits per heavy atom. The molecule has 4 heteroatoms. The van der Waals surface area contributed by atoms with Crippen molar-refractivity contribution in [3.63, 3.8) is 0 Å². The third kappa shape index (κ3) is 5.34. The van der Waals surface area contributed by atoms with Crippen LogP contribution >= 0.6 is 0 Å². The quantitative estimate of drug-likeness (QED) is 0.672. The van der Waals surface area contributed by atoms with E-state index >= 15 is 0 Å². The van der Waals surface area contributed by atoms with Gasteiger partial charge < -0.3 is 14.8 Å². The van der Waals surface area contributed by atoms with Crippen molar-refractivity contribution in [1.82, 2.24) is 10.2 Å². The summed E-state index contributed by atoms with van der Waals surface area (Å²) in [6.45, 7) is 8.01. The van der Waals surface area contributed by atoms with E-state index < -0.39 is 0 Å². The van der Waals surface area contributed by atoms with Crippen LogP contribution in [0.25, 0.3) is 0 Å². The van der Waals surface area contributed by atoms with Gasteiger partial charge in [0.05, 0.1) is 25.9 Å². The van der Waals surface area contributed by atoms with Crippen molar-refractivity contribution in [3.8, 4) is 0 Å². The lowest BCUT2D eigenvalue weighted by atomic mass is 10.3. The van der Waals surface area contributed by atoms with E-state index in [2.05, 4.69) is 10.2 Å². The Labute approximate surface area is 105 Å². The molecule has 0 amide bonds. The summed E-state index contributed by atoms with van der Waals surface area (Å²) >= 11 is 0. The first-order valence-corrected chi connectivity index (χ1v) is 7.07. The number of ether oxygens (including phenoxy) is 2. The molecule has 0 aromatic rings. The number of hydrogen-bond acceptors (Lipinski definition) is 4. The Morgan fingerprint density at radius 3 is 2.65 bits per heavy atom. The van der Waals surface area contributed by atoms with Crippen LogP contribution in [0.1, 0.15) is 25.7 Å².